The maximum Gasteiger partial charge on any atom is 0.0379 e. The molecule has 0 heterocycles. The first kappa shape index (κ1) is 10.3. The minimum absolute atomic E-state index is 0.0649. The molecule has 0 amide bonds. The molecule has 1 N–H and O–H groups in total. The van der Waals surface area contributed by atoms with E-state index in [4.69, 9.17) is 0 Å². The molecule has 1 heteroatoms. The van der Waals surface area contributed by atoms with Crippen molar-refractivity contribution < 1.29 is 0 Å². The fourth-order valence-electron chi connectivity index (χ4n) is 1.66. The van der Waals surface area contributed by atoms with Crippen LogP contribution in [0.25, 0.3) is 0 Å². The van der Waals surface area contributed by atoms with E-state index >= 15 is 0 Å². The van der Waals surface area contributed by atoms with Crippen LogP contribution in [0.2, 0.25) is 0 Å². The fourth-order valence-corrected chi connectivity index (χ4v) is 1.66. The van der Waals surface area contributed by atoms with Crippen LogP contribution in [0.1, 0.15) is 33.3 Å². The molecule has 1 rings (SSSR count). The Bertz CT molecular complexity index is 249. The van der Waals surface area contributed by atoms with Gasteiger partial charge in [0.1, 0.15) is 0 Å². The van der Waals surface area contributed by atoms with Crippen molar-refractivity contribution in [2.75, 3.05) is 0 Å². The Balaban J connectivity index is 2.81. The zero-order valence-corrected chi connectivity index (χ0v) is 8.96. The summed E-state index contributed by atoms with van der Waals surface area (Å²) in [7, 11) is 0. The molecular weight excluding hydrogens is 158 g/mol. The van der Waals surface area contributed by atoms with Crippen molar-refractivity contribution >= 4 is 0 Å². The van der Waals surface area contributed by atoms with Gasteiger partial charge in [-0.1, -0.05) is 44.2 Å². The van der Waals surface area contributed by atoms with Crippen LogP contribution in [0.15, 0.2) is 30.3 Å². The van der Waals surface area contributed by atoms with Gasteiger partial charge in [-0.2, -0.15) is 0 Å². The largest absolute Gasteiger partial charge is 0.306 e. The third-order valence-corrected chi connectivity index (χ3v) is 2.14. The van der Waals surface area contributed by atoms with Crippen LogP contribution in [0.3, 0.4) is 0 Å². The van der Waals surface area contributed by atoms with E-state index < -0.39 is 0 Å². The maximum atomic E-state index is 3.54. The zero-order valence-electron chi connectivity index (χ0n) is 8.96. The SMILES string of the molecule is CC(C)NC(C)(C)c1ccccc1. The van der Waals surface area contributed by atoms with Crippen molar-refractivity contribution in [3.8, 4) is 0 Å². The highest BCUT2D eigenvalue weighted by molar-refractivity contribution is 5.22. The van der Waals surface area contributed by atoms with E-state index in [1.54, 1.807) is 0 Å². The van der Waals surface area contributed by atoms with Gasteiger partial charge in [-0.3, -0.25) is 0 Å². The van der Waals surface area contributed by atoms with Crippen molar-refractivity contribution in [1.82, 2.24) is 5.32 Å². The van der Waals surface area contributed by atoms with Crippen LogP contribution in [0, 0.1) is 0 Å². The molecule has 0 saturated heterocycles. The monoisotopic (exact) mass is 177 g/mol. The van der Waals surface area contributed by atoms with E-state index in [0.717, 1.165) is 0 Å². The van der Waals surface area contributed by atoms with Crippen LogP contribution in [-0.4, -0.2) is 6.04 Å². The van der Waals surface area contributed by atoms with E-state index in [-0.39, 0.29) is 5.54 Å². The summed E-state index contributed by atoms with van der Waals surface area (Å²) in [5.74, 6) is 0. The molecule has 1 nitrogen and oxygen atoms in total. The van der Waals surface area contributed by atoms with Gasteiger partial charge in [0, 0.05) is 11.6 Å². The van der Waals surface area contributed by atoms with Gasteiger partial charge in [0.2, 0.25) is 0 Å². The smallest absolute Gasteiger partial charge is 0.0379 e. The molecule has 0 aliphatic heterocycles. The van der Waals surface area contributed by atoms with Gasteiger partial charge in [0.15, 0.2) is 0 Å². The Hall–Kier alpha value is -0.820. The van der Waals surface area contributed by atoms with Crippen molar-refractivity contribution in [3.63, 3.8) is 0 Å². The average molecular weight is 177 g/mol. The number of hydrogen-bond donors (Lipinski definition) is 1. The van der Waals surface area contributed by atoms with Gasteiger partial charge in [-0.15, -0.1) is 0 Å². The second-order valence-electron chi connectivity index (χ2n) is 4.29. The van der Waals surface area contributed by atoms with Crippen molar-refractivity contribution in [1.29, 1.82) is 0 Å². The molecule has 0 unspecified atom stereocenters. The minimum atomic E-state index is 0.0649. The second kappa shape index (κ2) is 3.93. The normalized spacial score (nSPS) is 12.1. The highest BCUT2D eigenvalue weighted by atomic mass is 15.0. The summed E-state index contributed by atoms with van der Waals surface area (Å²) in [4.78, 5) is 0. The van der Waals surface area contributed by atoms with E-state index in [1.807, 2.05) is 0 Å². The number of hydrogen-bond acceptors (Lipinski definition) is 1. The Kier molecular flexibility index (Phi) is 3.10. The van der Waals surface area contributed by atoms with Crippen LogP contribution in [0.5, 0.6) is 0 Å². The molecule has 0 spiro atoms. The van der Waals surface area contributed by atoms with Crippen LogP contribution < -0.4 is 5.32 Å². The Morgan fingerprint density at radius 1 is 1.08 bits per heavy atom. The first-order valence-electron chi connectivity index (χ1n) is 4.85. The van der Waals surface area contributed by atoms with E-state index in [9.17, 15) is 0 Å². The van der Waals surface area contributed by atoms with Gasteiger partial charge in [0.25, 0.3) is 0 Å². The maximum absolute atomic E-state index is 3.54. The molecule has 0 bridgehead atoms. The summed E-state index contributed by atoms with van der Waals surface area (Å²) in [5, 5.41) is 3.54. The summed E-state index contributed by atoms with van der Waals surface area (Å²) < 4.78 is 0. The first-order chi connectivity index (χ1) is 6.02. The molecule has 72 valence electrons. The van der Waals surface area contributed by atoms with Gasteiger partial charge in [-0.05, 0) is 19.4 Å². The standard InChI is InChI=1S/C12H19N/c1-10(2)13-12(3,4)11-8-6-5-7-9-11/h5-10,13H,1-4H3. The number of benzene rings is 1. The molecule has 13 heavy (non-hydrogen) atoms. The molecule has 0 aliphatic rings. The topological polar surface area (TPSA) is 12.0 Å². The summed E-state index contributed by atoms with van der Waals surface area (Å²) >= 11 is 0. The van der Waals surface area contributed by atoms with Gasteiger partial charge < -0.3 is 5.32 Å². The lowest BCUT2D eigenvalue weighted by Crippen LogP contribution is -2.40. The lowest BCUT2D eigenvalue weighted by atomic mass is 9.94. The Morgan fingerprint density at radius 2 is 1.62 bits per heavy atom. The van der Waals surface area contributed by atoms with Gasteiger partial charge >= 0.3 is 0 Å². The molecular formula is C12H19N. The molecule has 1 aromatic carbocycles. The lowest BCUT2D eigenvalue weighted by molar-refractivity contribution is 0.366. The minimum Gasteiger partial charge on any atom is -0.306 e. The third-order valence-electron chi connectivity index (χ3n) is 2.14. The summed E-state index contributed by atoms with van der Waals surface area (Å²) in [6.45, 7) is 8.76. The van der Waals surface area contributed by atoms with E-state index in [0.29, 0.717) is 6.04 Å². The summed E-state index contributed by atoms with van der Waals surface area (Å²) in [5.41, 5.74) is 1.40. The van der Waals surface area contributed by atoms with Crippen molar-refractivity contribution in [3.05, 3.63) is 35.9 Å². The Morgan fingerprint density at radius 3 is 2.08 bits per heavy atom. The molecule has 0 saturated carbocycles. The molecule has 1 aromatic rings. The quantitative estimate of drug-likeness (QED) is 0.748. The van der Waals surface area contributed by atoms with Gasteiger partial charge in [0.05, 0.1) is 0 Å². The number of rotatable bonds is 3. The van der Waals surface area contributed by atoms with Crippen LogP contribution in [0.4, 0.5) is 0 Å². The van der Waals surface area contributed by atoms with E-state index in [2.05, 4.69) is 63.3 Å². The second-order valence-corrected chi connectivity index (χ2v) is 4.29. The predicted octanol–water partition coefficient (Wildman–Crippen LogP) is 2.92. The molecule has 0 radical (unpaired) electrons. The van der Waals surface area contributed by atoms with Crippen molar-refractivity contribution in [2.24, 2.45) is 0 Å². The Labute approximate surface area is 81.2 Å². The van der Waals surface area contributed by atoms with E-state index in [1.165, 1.54) is 5.56 Å². The third kappa shape index (κ3) is 2.85. The zero-order chi connectivity index (χ0) is 9.90. The molecule has 0 atom stereocenters. The highest BCUT2D eigenvalue weighted by Gasteiger charge is 2.19. The predicted molar refractivity (Wildman–Crippen MR) is 57.7 cm³/mol. The average Bonchev–Trinajstić information content (AvgIpc) is 2.04. The highest BCUT2D eigenvalue weighted by Crippen LogP contribution is 2.19. The van der Waals surface area contributed by atoms with Gasteiger partial charge in [-0.25, -0.2) is 0 Å². The van der Waals surface area contributed by atoms with Crippen LogP contribution >= 0.6 is 0 Å². The number of nitrogens with one attached hydrogen (secondary N) is 1. The molecule has 0 aliphatic carbocycles. The van der Waals surface area contributed by atoms with Crippen LogP contribution in [-0.2, 0) is 5.54 Å². The summed E-state index contributed by atoms with van der Waals surface area (Å²) in [6, 6.07) is 11.0. The molecule has 0 aromatic heterocycles. The first-order valence-corrected chi connectivity index (χ1v) is 4.85. The molecule has 0 fully saturated rings. The summed E-state index contributed by atoms with van der Waals surface area (Å²) in [6.07, 6.45) is 0. The van der Waals surface area contributed by atoms with Crippen molar-refractivity contribution in [2.45, 2.75) is 39.3 Å². The lowest BCUT2D eigenvalue weighted by Gasteiger charge is -2.29. The fraction of sp³-hybridized carbons (Fsp3) is 0.500.